The van der Waals surface area contributed by atoms with Crippen molar-refractivity contribution in [3.05, 3.63) is 41.9 Å². The predicted molar refractivity (Wildman–Crippen MR) is 68.4 cm³/mol. The Bertz CT molecular complexity index is 553. The van der Waals surface area contributed by atoms with E-state index in [1.54, 1.807) is 0 Å². The molecule has 0 aliphatic heterocycles. The average molecular weight is 266 g/mol. The third-order valence-corrected chi connectivity index (χ3v) is 2.53. The Kier molecular flexibility index (Phi) is 3.66. The normalized spacial score (nSPS) is 11.8. The molecule has 3 nitrogen and oxygen atoms in total. The van der Waals surface area contributed by atoms with Crippen molar-refractivity contribution in [3.63, 3.8) is 0 Å². The van der Waals surface area contributed by atoms with Crippen molar-refractivity contribution in [1.29, 1.82) is 0 Å². The second-order valence-electron chi connectivity index (χ2n) is 5.32. The monoisotopic (exact) mass is 266 g/mol. The summed E-state index contributed by atoms with van der Waals surface area (Å²) in [6.45, 7) is 6.42. The first-order chi connectivity index (χ1) is 8.87. The molecular formula is C14H16F2N2O. The minimum Gasteiger partial charge on any atom is -0.439 e. The molecule has 0 fully saturated rings. The first-order valence-corrected chi connectivity index (χ1v) is 6.01. The van der Waals surface area contributed by atoms with Gasteiger partial charge in [0.05, 0.1) is 18.3 Å². The zero-order chi connectivity index (χ0) is 14.0. The minimum absolute atomic E-state index is 0.0854. The van der Waals surface area contributed by atoms with Gasteiger partial charge < -0.3 is 9.73 Å². The van der Waals surface area contributed by atoms with Gasteiger partial charge in [-0.3, -0.25) is 0 Å². The summed E-state index contributed by atoms with van der Waals surface area (Å²) in [6.07, 6.45) is 1.33. The van der Waals surface area contributed by atoms with E-state index >= 15 is 0 Å². The molecule has 1 heterocycles. The average Bonchev–Trinajstić information content (AvgIpc) is 2.74. The molecule has 0 amide bonds. The van der Waals surface area contributed by atoms with Crippen molar-refractivity contribution in [1.82, 2.24) is 10.3 Å². The number of benzene rings is 1. The maximum atomic E-state index is 13.6. The predicted octanol–water partition coefficient (Wildman–Crippen LogP) is 3.51. The molecule has 0 saturated heterocycles. The lowest BCUT2D eigenvalue weighted by Crippen LogP contribution is -2.35. The number of hydrogen-bond acceptors (Lipinski definition) is 3. The Morgan fingerprint density at radius 3 is 2.42 bits per heavy atom. The van der Waals surface area contributed by atoms with Crippen LogP contribution in [-0.2, 0) is 6.54 Å². The van der Waals surface area contributed by atoms with Gasteiger partial charge in [0.1, 0.15) is 11.6 Å². The first kappa shape index (κ1) is 13.7. The fourth-order valence-electron chi connectivity index (χ4n) is 1.58. The number of nitrogens with zero attached hydrogens (tertiary/aromatic N) is 1. The van der Waals surface area contributed by atoms with Crippen molar-refractivity contribution in [2.24, 2.45) is 0 Å². The number of rotatable bonds is 3. The van der Waals surface area contributed by atoms with Gasteiger partial charge in [-0.15, -0.1) is 0 Å². The Hall–Kier alpha value is -1.75. The summed E-state index contributed by atoms with van der Waals surface area (Å²) in [4.78, 5) is 4.02. The zero-order valence-corrected chi connectivity index (χ0v) is 11.1. The van der Waals surface area contributed by atoms with Crippen LogP contribution in [-0.4, -0.2) is 10.5 Å². The molecule has 1 N–H and O–H groups in total. The van der Waals surface area contributed by atoms with Gasteiger partial charge in [-0.05, 0) is 32.9 Å². The number of oxazole rings is 1. The molecule has 102 valence electrons. The molecule has 0 aliphatic carbocycles. The Labute approximate surface area is 110 Å². The quantitative estimate of drug-likeness (QED) is 0.923. The van der Waals surface area contributed by atoms with Crippen molar-refractivity contribution in [3.8, 4) is 11.3 Å². The van der Waals surface area contributed by atoms with Crippen LogP contribution in [0, 0.1) is 11.6 Å². The van der Waals surface area contributed by atoms with E-state index in [4.69, 9.17) is 4.42 Å². The van der Waals surface area contributed by atoms with Crippen molar-refractivity contribution in [2.75, 3.05) is 0 Å². The number of hydrogen-bond donors (Lipinski definition) is 1. The summed E-state index contributed by atoms with van der Waals surface area (Å²) in [5.41, 5.74) is -0.269. The maximum Gasteiger partial charge on any atom is 0.208 e. The molecule has 0 spiro atoms. The summed E-state index contributed by atoms with van der Waals surface area (Å²) in [5.74, 6) is -0.827. The van der Waals surface area contributed by atoms with Gasteiger partial charge >= 0.3 is 0 Å². The molecule has 0 bridgehead atoms. The third-order valence-electron chi connectivity index (χ3n) is 2.53. The summed E-state index contributed by atoms with van der Waals surface area (Å²) in [5, 5.41) is 3.19. The molecule has 1 aromatic heterocycles. The second-order valence-corrected chi connectivity index (χ2v) is 5.32. The van der Waals surface area contributed by atoms with Gasteiger partial charge in [-0.25, -0.2) is 13.8 Å². The van der Waals surface area contributed by atoms with Crippen LogP contribution in [0.25, 0.3) is 11.3 Å². The molecule has 2 aromatic rings. The summed E-state index contributed by atoms with van der Waals surface area (Å²) < 4.78 is 32.5. The van der Waals surface area contributed by atoms with Crippen molar-refractivity contribution < 1.29 is 13.2 Å². The highest BCUT2D eigenvalue weighted by molar-refractivity contribution is 5.58. The van der Waals surface area contributed by atoms with Crippen molar-refractivity contribution in [2.45, 2.75) is 32.9 Å². The SMILES string of the molecule is CC(C)(C)NCc1ncc(-c2c(F)cccc2F)o1. The summed E-state index contributed by atoms with van der Waals surface area (Å²) in [7, 11) is 0. The number of nitrogens with one attached hydrogen (secondary N) is 1. The van der Waals surface area contributed by atoms with E-state index < -0.39 is 11.6 Å². The Balaban J connectivity index is 2.22. The van der Waals surface area contributed by atoms with Crippen LogP contribution in [0.15, 0.2) is 28.8 Å². The molecule has 0 aliphatic rings. The van der Waals surface area contributed by atoms with Gasteiger partial charge in [-0.1, -0.05) is 6.07 Å². The lowest BCUT2D eigenvalue weighted by atomic mass is 10.1. The lowest BCUT2D eigenvalue weighted by Gasteiger charge is -2.18. The van der Waals surface area contributed by atoms with E-state index in [1.165, 1.54) is 24.4 Å². The lowest BCUT2D eigenvalue weighted by molar-refractivity contribution is 0.383. The Morgan fingerprint density at radius 1 is 1.21 bits per heavy atom. The summed E-state index contributed by atoms with van der Waals surface area (Å²) in [6, 6.07) is 3.69. The molecular weight excluding hydrogens is 250 g/mol. The van der Waals surface area contributed by atoms with E-state index in [0.29, 0.717) is 12.4 Å². The molecule has 2 rings (SSSR count). The van der Waals surface area contributed by atoms with Crippen LogP contribution in [0.3, 0.4) is 0 Å². The molecule has 0 saturated carbocycles. The molecule has 1 aromatic carbocycles. The molecule has 5 heteroatoms. The highest BCUT2D eigenvalue weighted by atomic mass is 19.1. The fraction of sp³-hybridized carbons (Fsp3) is 0.357. The van der Waals surface area contributed by atoms with Crippen LogP contribution in [0.4, 0.5) is 8.78 Å². The highest BCUT2D eigenvalue weighted by Crippen LogP contribution is 2.26. The van der Waals surface area contributed by atoms with Crippen LogP contribution >= 0.6 is 0 Å². The van der Waals surface area contributed by atoms with E-state index in [1.807, 2.05) is 20.8 Å². The first-order valence-electron chi connectivity index (χ1n) is 6.01. The fourth-order valence-corrected chi connectivity index (χ4v) is 1.58. The molecule has 0 unspecified atom stereocenters. The van der Waals surface area contributed by atoms with Crippen LogP contribution in [0.1, 0.15) is 26.7 Å². The van der Waals surface area contributed by atoms with Gasteiger partial charge in [0.25, 0.3) is 0 Å². The smallest absolute Gasteiger partial charge is 0.208 e. The van der Waals surface area contributed by atoms with Gasteiger partial charge in [0.15, 0.2) is 5.76 Å². The highest BCUT2D eigenvalue weighted by Gasteiger charge is 2.16. The van der Waals surface area contributed by atoms with Crippen LogP contribution < -0.4 is 5.32 Å². The van der Waals surface area contributed by atoms with E-state index in [0.717, 1.165) is 0 Å². The Morgan fingerprint density at radius 2 is 1.84 bits per heavy atom. The van der Waals surface area contributed by atoms with Gasteiger partial charge in [0.2, 0.25) is 5.89 Å². The van der Waals surface area contributed by atoms with E-state index in [-0.39, 0.29) is 16.9 Å². The third kappa shape index (κ3) is 3.38. The van der Waals surface area contributed by atoms with Crippen LogP contribution in [0.2, 0.25) is 0 Å². The number of halogens is 2. The maximum absolute atomic E-state index is 13.6. The summed E-state index contributed by atoms with van der Waals surface area (Å²) >= 11 is 0. The molecule has 19 heavy (non-hydrogen) atoms. The van der Waals surface area contributed by atoms with Gasteiger partial charge in [0, 0.05) is 5.54 Å². The van der Waals surface area contributed by atoms with Crippen LogP contribution in [0.5, 0.6) is 0 Å². The topological polar surface area (TPSA) is 38.1 Å². The van der Waals surface area contributed by atoms with E-state index in [9.17, 15) is 8.78 Å². The van der Waals surface area contributed by atoms with Gasteiger partial charge in [-0.2, -0.15) is 0 Å². The molecule has 0 radical (unpaired) electrons. The van der Waals surface area contributed by atoms with Crippen molar-refractivity contribution >= 4 is 0 Å². The largest absolute Gasteiger partial charge is 0.439 e. The second kappa shape index (κ2) is 5.09. The number of aromatic nitrogens is 1. The molecule has 0 atom stereocenters. The standard InChI is InChI=1S/C14H16F2N2O/c1-14(2,3)18-8-12-17-7-11(19-12)13-9(15)5-4-6-10(13)16/h4-7,18H,8H2,1-3H3. The minimum atomic E-state index is -0.661. The van der Waals surface area contributed by atoms with E-state index in [2.05, 4.69) is 10.3 Å². The zero-order valence-electron chi connectivity index (χ0n) is 11.1.